The summed E-state index contributed by atoms with van der Waals surface area (Å²) in [6.45, 7) is 0.896. The first-order chi connectivity index (χ1) is 8.34. The standard InChI is InChI=1S/C12H9N3OS/c13-6-12(7-16-8-12)11-15-10(5-17-11)9-2-1-3-14-4-9/h1-5H,7-8H2. The molecule has 2 aromatic heterocycles. The molecule has 5 heteroatoms. The molecule has 0 aromatic carbocycles. The first kappa shape index (κ1) is 10.4. The molecule has 1 fully saturated rings. The van der Waals surface area contributed by atoms with Gasteiger partial charge in [0.05, 0.1) is 25.0 Å². The Morgan fingerprint density at radius 1 is 1.47 bits per heavy atom. The lowest BCUT2D eigenvalue weighted by molar-refractivity contribution is -0.0298. The fraction of sp³-hybridized carbons (Fsp3) is 0.250. The van der Waals surface area contributed by atoms with E-state index < -0.39 is 5.41 Å². The lowest BCUT2D eigenvalue weighted by atomic mass is 9.89. The Kier molecular flexibility index (Phi) is 2.39. The van der Waals surface area contributed by atoms with Crippen molar-refractivity contribution in [3.8, 4) is 17.3 Å². The number of aromatic nitrogens is 2. The molecule has 0 aliphatic carbocycles. The first-order valence-corrected chi connectivity index (χ1v) is 6.07. The van der Waals surface area contributed by atoms with Gasteiger partial charge in [0.2, 0.25) is 0 Å². The fourth-order valence-electron chi connectivity index (χ4n) is 1.68. The Morgan fingerprint density at radius 3 is 2.94 bits per heavy atom. The van der Waals surface area contributed by atoms with Crippen LogP contribution < -0.4 is 0 Å². The molecular weight excluding hydrogens is 234 g/mol. The molecule has 0 radical (unpaired) electrons. The van der Waals surface area contributed by atoms with E-state index in [0.717, 1.165) is 16.3 Å². The number of nitrogens with zero attached hydrogens (tertiary/aromatic N) is 3. The summed E-state index contributed by atoms with van der Waals surface area (Å²) in [7, 11) is 0. The van der Waals surface area contributed by atoms with Crippen molar-refractivity contribution in [1.82, 2.24) is 9.97 Å². The van der Waals surface area contributed by atoms with E-state index in [1.807, 2.05) is 17.5 Å². The smallest absolute Gasteiger partial charge is 0.155 e. The average Bonchev–Trinajstić information content (AvgIpc) is 2.80. The molecule has 3 rings (SSSR count). The molecule has 84 valence electrons. The van der Waals surface area contributed by atoms with Gasteiger partial charge in [0.1, 0.15) is 5.01 Å². The number of ether oxygens (including phenoxy) is 1. The van der Waals surface area contributed by atoms with Crippen molar-refractivity contribution < 1.29 is 4.74 Å². The van der Waals surface area contributed by atoms with Gasteiger partial charge in [-0.05, 0) is 12.1 Å². The lowest BCUT2D eigenvalue weighted by Gasteiger charge is -2.32. The van der Waals surface area contributed by atoms with Gasteiger partial charge in [-0.25, -0.2) is 4.98 Å². The van der Waals surface area contributed by atoms with Crippen LogP contribution in [0.2, 0.25) is 0 Å². The van der Waals surface area contributed by atoms with E-state index in [1.165, 1.54) is 11.3 Å². The normalized spacial score (nSPS) is 17.1. The maximum Gasteiger partial charge on any atom is 0.155 e. The monoisotopic (exact) mass is 243 g/mol. The quantitative estimate of drug-likeness (QED) is 0.809. The van der Waals surface area contributed by atoms with Crippen molar-refractivity contribution in [2.45, 2.75) is 5.41 Å². The summed E-state index contributed by atoms with van der Waals surface area (Å²) in [5.74, 6) is 0. The van der Waals surface area contributed by atoms with Crippen molar-refractivity contribution >= 4 is 11.3 Å². The predicted molar refractivity (Wildman–Crippen MR) is 63.5 cm³/mol. The molecule has 0 bridgehead atoms. The Hall–Kier alpha value is -1.77. The summed E-state index contributed by atoms with van der Waals surface area (Å²) in [5, 5.41) is 12.0. The zero-order chi connectivity index (χ0) is 11.7. The summed E-state index contributed by atoms with van der Waals surface area (Å²) in [6.07, 6.45) is 3.50. The van der Waals surface area contributed by atoms with Gasteiger partial charge < -0.3 is 4.74 Å². The van der Waals surface area contributed by atoms with E-state index in [1.54, 1.807) is 12.4 Å². The molecule has 0 atom stereocenters. The minimum absolute atomic E-state index is 0.448. The molecule has 0 saturated carbocycles. The largest absolute Gasteiger partial charge is 0.377 e. The highest BCUT2D eigenvalue weighted by Gasteiger charge is 2.43. The highest BCUT2D eigenvalue weighted by Crippen LogP contribution is 2.35. The molecule has 0 amide bonds. The molecule has 0 N–H and O–H groups in total. The first-order valence-electron chi connectivity index (χ1n) is 5.19. The van der Waals surface area contributed by atoms with Gasteiger partial charge >= 0.3 is 0 Å². The summed E-state index contributed by atoms with van der Waals surface area (Å²) in [4.78, 5) is 8.58. The Bertz CT molecular complexity index is 569. The Morgan fingerprint density at radius 2 is 2.35 bits per heavy atom. The maximum atomic E-state index is 9.19. The van der Waals surface area contributed by atoms with Gasteiger partial charge in [0.25, 0.3) is 0 Å². The van der Waals surface area contributed by atoms with Crippen LogP contribution in [0.25, 0.3) is 11.3 Å². The second kappa shape index (κ2) is 3.91. The van der Waals surface area contributed by atoms with Crippen LogP contribution in [-0.2, 0) is 10.2 Å². The van der Waals surface area contributed by atoms with Gasteiger partial charge in [0, 0.05) is 23.3 Å². The lowest BCUT2D eigenvalue weighted by Crippen LogP contribution is -2.45. The van der Waals surface area contributed by atoms with E-state index >= 15 is 0 Å². The van der Waals surface area contributed by atoms with Crippen molar-refractivity contribution in [3.05, 3.63) is 34.9 Å². The van der Waals surface area contributed by atoms with Crippen molar-refractivity contribution in [2.75, 3.05) is 13.2 Å². The van der Waals surface area contributed by atoms with E-state index in [-0.39, 0.29) is 0 Å². The highest BCUT2D eigenvalue weighted by molar-refractivity contribution is 7.10. The van der Waals surface area contributed by atoms with E-state index in [2.05, 4.69) is 16.0 Å². The number of hydrogen-bond donors (Lipinski definition) is 0. The van der Waals surface area contributed by atoms with Crippen LogP contribution in [0.3, 0.4) is 0 Å². The minimum atomic E-state index is -0.523. The molecule has 1 aliphatic rings. The molecule has 1 saturated heterocycles. The molecule has 0 unspecified atom stereocenters. The predicted octanol–water partition coefficient (Wildman–Crippen LogP) is 2.00. The van der Waals surface area contributed by atoms with Crippen LogP contribution in [0.5, 0.6) is 0 Å². The van der Waals surface area contributed by atoms with Crippen LogP contribution in [-0.4, -0.2) is 23.2 Å². The molecule has 0 spiro atoms. The topological polar surface area (TPSA) is 58.8 Å². The second-order valence-corrected chi connectivity index (χ2v) is 4.82. The van der Waals surface area contributed by atoms with Crippen LogP contribution in [0.1, 0.15) is 5.01 Å². The maximum absolute atomic E-state index is 9.19. The van der Waals surface area contributed by atoms with Crippen molar-refractivity contribution in [2.24, 2.45) is 0 Å². The minimum Gasteiger partial charge on any atom is -0.377 e. The Balaban J connectivity index is 1.97. The molecular formula is C12H9N3OS. The van der Waals surface area contributed by atoms with Crippen LogP contribution in [0, 0.1) is 11.3 Å². The zero-order valence-electron chi connectivity index (χ0n) is 8.96. The third kappa shape index (κ3) is 1.62. The number of thiazole rings is 1. The fourth-order valence-corrected chi connectivity index (χ4v) is 2.63. The third-order valence-corrected chi connectivity index (χ3v) is 3.83. The third-order valence-electron chi connectivity index (χ3n) is 2.78. The molecule has 2 aromatic rings. The van der Waals surface area contributed by atoms with Gasteiger partial charge in [0.15, 0.2) is 5.41 Å². The van der Waals surface area contributed by atoms with Crippen LogP contribution >= 0.6 is 11.3 Å². The van der Waals surface area contributed by atoms with Gasteiger partial charge in [-0.3, -0.25) is 4.98 Å². The second-order valence-electron chi connectivity index (χ2n) is 3.97. The van der Waals surface area contributed by atoms with Crippen LogP contribution in [0.4, 0.5) is 0 Å². The summed E-state index contributed by atoms with van der Waals surface area (Å²) in [6, 6.07) is 6.14. The molecule has 4 nitrogen and oxygen atoms in total. The molecule has 17 heavy (non-hydrogen) atoms. The SMILES string of the molecule is N#CC1(c2nc(-c3cccnc3)cs2)COC1. The number of nitriles is 1. The van der Waals surface area contributed by atoms with Gasteiger partial charge in [-0.2, -0.15) is 5.26 Å². The summed E-state index contributed by atoms with van der Waals surface area (Å²) in [5.41, 5.74) is 1.33. The summed E-state index contributed by atoms with van der Waals surface area (Å²) >= 11 is 1.51. The zero-order valence-corrected chi connectivity index (χ0v) is 9.78. The number of pyridine rings is 1. The number of hydrogen-bond acceptors (Lipinski definition) is 5. The van der Waals surface area contributed by atoms with Crippen molar-refractivity contribution in [3.63, 3.8) is 0 Å². The van der Waals surface area contributed by atoms with E-state index in [0.29, 0.717) is 13.2 Å². The molecule has 3 heterocycles. The Labute approximate surface area is 103 Å². The van der Waals surface area contributed by atoms with E-state index in [4.69, 9.17) is 4.74 Å². The molecule has 1 aliphatic heterocycles. The van der Waals surface area contributed by atoms with Crippen molar-refractivity contribution in [1.29, 1.82) is 5.26 Å². The average molecular weight is 243 g/mol. The van der Waals surface area contributed by atoms with Crippen LogP contribution in [0.15, 0.2) is 29.9 Å². The number of rotatable bonds is 2. The van der Waals surface area contributed by atoms with Gasteiger partial charge in [-0.15, -0.1) is 11.3 Å². The van der Waals surface area contributed by atoms with Gasteiger partial charge in [-0.1, -0.05) is 0 Å². The summed E-state index contributed by atoms with van der Waals surface area (Å²) < 4.78 is 5.13. The highest BCUT2D eigenvalue weighted by atomic mass is 32.1. The van der Waals surface area contributed by atoms with E-state index in [9.17, 15) is 5.26 Å².